The maximum absolute atomic E-state index is 12.6. The standard InChI is InChI=1S/C20H30N2O/c23-20(16-18-8-3-1-4-9-18)22-13-7-12-21(14-15-22)17-19-10-5-2-6-11-19/h2,5-6,10-11,18H,1,3-4,7-9,12-17H2. The highest BCUT2D eigenvalue weighted by molar-refractivity contribution is 5.76. The van der Waals surface area contributed by atoms with Gasteiger partial charge in [-0.15, -0.1) is 0 Å². The van der Waals surface area contributed by atoms with Gasteiger partial charge in [-0.05, 0) is 30.7 Å². The summed E-state index contributed by atoms with van der Waals surface area (Å²) in [5.41, 5.74) is 1.37. The van der Waals surface area contributed by atoms with Gasteiger partial charge in [-0.2, -0.15) is 0 Å². The number of rotatable bonds is 4. The molecule has 0 spiro atoms. The van der Waals surface area contributed by atoms with Crippen molar-refractivity contribution < 1.29 is 4.79 Å². The molecule has 0 radical (unpaired) electrons. The zero-order chi connectivity index (χ0) is 15.9. The number of nitrogens with zero attached hydrogens (tertiary/aromatic N) is 2. The van der Waals surface area contributed by atoms with Crippen molar-refractivity contribution in [3.63, 3.8) is 0 Å². The summed E-state index contributed by atoms with van der Waals surface area (Å²) in [5.74, 6) is 1.05. The Hall–Kier alpha value is -1.35. The Morgan fingerprint density at radius 1 is 0.913 bits per heavy atom. The minimum absolute atomic E-state index is 0.401. The highest BCUT2D eigenvalue weighted by Crippen LogP contribution is 2.27. The molecular formula is C20H30N2O. The van der Waals surface area contributed by atoms with Gasteiger partial charge in [0.2, 0.25) is 5.91 Å². The monoisotopic (exact) mass is 314 g/mol. The van der Waals surface area contributed by atoms with Gasteiger partial charge in [0.1, 0.15) is 0 Å². The highest BCUT2D eigenvalue weighted by atomic mass is 16.2. The number of hydrogen-bond acceptors (Lipinski definition) is 2. The SMILES string of the molecule is O=C(CC1CCCCC1)N1CCCN(Cc2ccccc2)CC1. The van der Waals surface area contributed by atoms with E-state index in [1.165, 1.54) is 37.7 Å². The van der Waals surface area contributed by atoms with Crippen molar-refractivity contribution in [1.29, 1.82) is 0 Å². The fraction of sp³-hybridized carbons (Fsp3) is 0.650. The summed E-state index contributed by atoms with van der Waals surface area (Å²) < 4.78 is 0. The molecule has 0 atom stereocenters. The van der Waals surface area contributed by atoms with Crippen LogP contribution in [-0.4, -0.2) is 41.9 Å². The second-order valence-corrected chi connectivity index (χ2v) is 7.20. The second-order valence-electron chi connectivity index (χ2n) is 7.20. The largest absolute Gasteiger partial charge is 0.341 e. The molecule has 0 unspecified atom stereocenters. The Morgan fingerprint density at radius 3 is 2.48 bits per heavy atom. The molecule has 23 heavy (non-hydrogen) atoms. The van der Waals surface area contributed by atoms with E-state index in [0.717, 1.165) is 45.6 Å². The molecule has 0 bridgehead atoms. The first-order chi connectivity index (χ1) is 11.3. The fourth-order valence-corrected chi connectivity index (χ4v) is 3.99. The minimum atomic E-state index is 0.401. The molecule has 2 fully saturated rings. The Balaban J connectivity index is 1.46. The van der Waals surface area contributed by atoms with Crippen molar-refractivity contribution in [1.82, 2.24) is 9.80 Å². The lowest BCUT2D eigenvalue weighted by atomic mass is 9.86. The van der Waals surface area contributed by atoms with E-state index in [1.54, 1.807) is 0 Å². The van der Waals surface area contributed by atoms with Crippen LogP contribution in [0.15, 0.2) is 30.3 Å². The van der Waals surface area contributed by atoms with Crippen molar-refractivity contribution in [3.05, 3.63) is 35.9 Å². The third kappa shape index (κ3) is 5.07. The van der Waals surface area contributed by atoms with Gasteiger partial charge in [-0.1, -0.05) is 49.6 Å². The molecule has 1 saturated carbocycles. The first-order valence-electron chi connectivity index (χ1n) is 9.35. The predicted molar refractivity (Wildman–Crippen MR) is 94.1 cm³/mol. The molecule has 1 aliphatic heterocycles. The summed E-state index contributed by atoms with van der Waals surface area (Å²) in [7, 11) is 0. The van der Waals surface area contributed by atoms with Gasteiger partial charge >= 0.3 is 0 Å². The summed E-state index contributed by atoms with van der Waals surface area (Å²) in [4.78, 5) is 17.2. The third-order valence-electron chi connectivity index (χ3n) is 5.38. The van der Waals surface area contributed by atoms with Gasteiger partial charge < -0.3 is 4.90 Å². The molecule has 3 nitrogen and oxygen atoms in total. The molecule has 1 aliphatic carbocycles. The van der Waals surface area contributed by atoms with E-state index in [0.29, 0.717) is 11.8 Å². The van der Waals surface area contributed by atoms with Crippen LogP contribution in [0.3, 0.4) is 0 Å². The zero-order valence-corrected chi connectivity index (χ0v) is 14.3. The quantitative estimate of drug-likeness (QED) is 0.846. The molecule has 1 amide bonds. The van der Waals surface area contributed by atoms with E-state index in [2.05, 4.69) is 40.1 Å². The van der Waals surface area contributed by atoms with Gasteiger partial charge in [0.25, 0.3) is 0 Å². The summed E-state index contributed by atoms with van der Waals surface area (Å²) >= 11 is 0. The minimum Gasteiger partial charge on any atom is -0.341 e. The average molecular weight is 314 g/mol. The van der Waals surface area contributed by atoms with Crippen molar-refractivity contribution in [2.45, 2.75) is 51.5 Å². The van der Waals surface area contributed by atoms with E-state index in [-0.39, 0.29) is 0 Å². The van der Waals surface area contributed by atoms with E-state index >= 15 is 0 Å². The van der Waals surface area contributed by atoms with Crippen LogP contribution in [0.25, 0.3) is 0 Å². The lowest BCUT2D eigenvalue weighted by Crippen LogP contribution is -2.36. The maximum Gasteiger partial charge on any atom is 0.222 e. The predicted octanol–water partition coefficient (Wildman–Crippen LogP) is 3.69. The van der Waals surface area contributed by atoms with Gasteiger partial charge in [-0.25, -0.2) is 0 Å². The van der Waals surface area contributed by atoms with Crippen molar-refractivity contribution in [3.8, 4) is 0 Å². The van der Waals surface area contributed by atoms with Crippen LogP contribution < -0.4 is 0 Å². The van der Waals surface area contributed by atoms with Gasteiger partial charge in [0, 0.05) is 39.1 Å². The molecule has 3 heteroatoms. The third-order valence-corrected chi connectivity index (χ3v) is 5.38. The van der Waals surface area contributed by atoms with Crippen LogP contribution in [0.4, 0.5) is 0 Å². The summed E-state index contributed by atoms with van der Waals surface area (Å²) in [6, 6.07) is 10.7. The molecule has 0 aromatic heterocycles. The maximum atomic E-state index is 12.6. The topological polar surface area (TPSA) is 23.6 Å². The number of benzene rings is 1. The summed E-state index contributed by atoms with van der Waals surface area (Å²) in [6.45, 7) is 4.95. The van der Waals surface area contributed by atoms with Crippen LogP contribution in [0.5, 0.6) is 0 Å². The number of carbonyl (C=O) groups is 1. The lowest BCUT2D eigenvalue weighted by molar-refractivity contribution is -0.132. The molecule has 1 heterocycles. The first kappa shape index (κ1) is 16.5. The molecule has 126 valence electrons. The average Bonchev–Trinajstić information content (AvgIpc) is 2.82. The van der Waals surface area contributed by atoms with Gasteiger partial charge in [-0.3, -0.25) is 9.69 Å². The molecule has 1 saturated heterocycles. The van der Waals surface area contributed by atoms with Crippen molar-refractivity contribution >= 4 is 5.91 Å². The Kier molecular flexibility index (Phi) is 6.09. The number of hydrogen-bond donors (Lipinski definition) is 0. The van der Waals surface area contributed by atoms with Gasteiger partial charge in [0.05, 0.1) is 0 Å². The molecule has 0 N–H and O–H groups in total. The summed E-state index contributed by atoms with van der Waals surface area (Å²) in [6.07, 6.45) is 8.43. The van der Waals surface area contributed by atoms with Crippen LogP contribution >= 0.6 is 0 Å². The highest BCUT2D eigenvalue weighted by Gasteiger charge is 2.23. The summed E-state index contributed by atoms with van der Waals surface area (Å²) in [5, 5.41) is 0. The zero-order valence-electron chi connectivity index (χ0n) is 14.3. The molecule has 3 rings (SSSR count). The van der Waals surface area contributed by atoms with Crippen molar-refractivity contribution in [2.24, 2.45) is 5.92 Å². The van der Waals surface area contributed by atoms with Crippen LogP contribution in [0.2, 0.25) is 0 Å². The normalized spacial score (nSPS) is 21.1. The first-order valence-corrected chi connectivity index (χ1v) is 9.35. The van der Waals surface area contributed by atoms with E-state index < -0.39 is 0 Å². The number of amides is 1. The van der Waals surface area contributed by atoms with E-state index in [4.69, 9.17) is 0 Å². The van der Waals surface area contributed by atoms with Gasteiger partial charge in [0.15, 0.2) is 0 Å². The van der Waals surface area contributed by atoms with E-state index in [1.807, 2.05) is 0 Å². The molecule has 1 aromatic rings. The van der Waals surface area contributed by atoms with Crippen LogP contribution in [-0.2, 0) is 11.3 Å². The van der Waals surface area contributed by atoms with E-state index in [9.17, 15) is 4.79 Å². The smallest absolute Gasteiger partial charge is 0.222 e. The van der Waals surface area contributed by atoms with Crippen LogP contribution in [0, 0.1) is 5.92 Å². The second kappa shape index (κ2) is 8.49. The Morgan fingerprint density at radius 2 is 1.70 bits per heavy atom. The Labute approximate surface area is 140 Å². The molecule has 1 aromatic carbocycles. The van der Waals surface area contributed by atoms with Crippen LogP contribution in [0.1, 0.15) is 50.5 Å². The fourth-order valence-electron chi connectivity index (χ4n) is 3.99. The number of carbonyl (C=O) groups excluding carboxylic acids is 1. The molecule has 2 aliphatic rings. The van der Waals surface area contributed by atoms with Crippen molar-refractivity contribution in [2.75, 3.05) is 26.2 Å². The lowest BCUT2D eigenvalue weighted by Gasteiger charge is -2.26. The Bertz CT molecular complexity index is 482. The molecular weight excluding hydrogens is 284 g/mol.